The molecule has 0 saturated carbocycles. The van der Waals surface area contributed by atoms with Crippen LogP contribution in [0.3, 0.4) is 0 Å². The lowest BCUT2D eigenvalue weighted by Gasteiger charge is -2.09. The first kappa shape index (κ1) is 13.1. The van der Waals surface area contributed by atoms with E-state index in [1.54, 1.807) is 0 Å². The molecule has 18 heavy (non-hydrogen) atoms. The zero-order valence-electron chi connectivity index (χ0n) is 10.3. The molecule has 0 unspecified atom stereocenters. The van der Waals surface area contributed by atoms with Crippen molar-refractivity contribution in [2.75, 3.05) is 13.7 Å². The van der Waals surface area contributed by atoms with Crippen LogP contribution in [0.1, 0.15) is 5.82 Å². The molecule has 96 valence electrons. The molecule has 0 radical (unpaired) electrons. The molecule has 0 fully saturated rings. The Morgan fingerprint density at radius 2 is 2.33 bits per heavy atom. The van der Waals surface area contributed by atoms with Crippen LogP contribution >= 0.6 is 15.9 Å². The lowest BCUT2D eigenvalue weighted by atomic mass is 10.3. The zero-order chi connectivity index (χ0) is 12.8. The second-order valence-corrected chi connectivity index (χ2v) is 4.79. The van der Waals surface area contributed by atoms with E-state index in [9.17, 15) is 0 Å². The van der Waals surface area contributed by atoms with E-state index in [4.69, 9.17) is 4.74 Å². The number of hydrogen-bond donors (Lipinski definition) is 1. The summed E-state index contributed by atoms with van der Waals surface area (Å²) < 4.78 is 8.81. The van der Waals surface area contributed by atoms with E-state index in [2.05, 4.69) is 30.8 Å². The Morgan fingerprint density at radius 1 is 1.44 bits per heavy atom. The highest BCUT2D eigenvalue weighted by Crippen LogP contribution is 2.17. The highest BCUT2D eigenvalue weighted by molar-refractivity contribution is 9.10. The van der Waals surface area contributed by atoms with Crippen molar-refractivity contribution in [3.05, 3.63) is 47.0 Å². The first-order valence-corrected chi connectivity index (χ1v) is 6.62. The monoisotopic (exact) mass is 309 g/mol. The number of nitrogens with zero attached hydrogens (tertiary/aromatic N) is 2. The van der Waals surface area contributed by atoms with Gasteiger partial charge in [-0.3, -0.25) is 0 Å². The molecule has 0 saturated heterocycles. The van der Waals surface area contributed by atoms with Gasteiger partial charge in [0.05, 0.1) is 13.1 Å². The third kappa shape index (κ3) is 3.58. The van der Waals surface area contributed by atoms with Crippen molar-refractivity contribution in [1.29, 1.82) is 0 Å². The molecule has 2 aromatic rings. The van der Waals surface area contributed by atoms with Gasteiger partial charge < -0.3 is 14.6 Å². The number of imidazole rings is 1. The Labute approximate surface area is 115 Å². The van der Waals surface area contributed by atoms with Gasteiger partial charge in [-0.1, -0.05) is 22.0 Å². The average Bonchev–Trinajstić information content (AvgIpc) is 2.78. The van der Waals surface area contributed by atoms with Crippen LogP contribution in [0.15, 0.2) is 41.1 Å². The molecule has 4 nitrogen and oxygen atoms in total. The second kappa shape index (κ2) is 6.56. The molecule has 0 aliphatic heterocycles. The van der Waals surface area contributed by atoms with Gasteiger partial charge in [0, 0.05) is 16.9 Å². The number of benzene rings is 1. The highest BCUT2D eigenvalue weighted by Gasteiger charge is 2.01. The largest absolute Gasteiger partial charge is 0.492 e. The third-order valence-electron chi connectivity index (χ3n) is 2.53. The van der Waals surface area contributed by atoms with Crippen LogP contribution in [0.25, 0.3) is 0 Å². The fraction of sp³-hybridized carbons (Fsp3) is 0.308. The molecule has 1 aromatic carbocycles. The maximum Gasteiger partial charge on any atom is 0.122 e. The van der Waals surface area contributed by atoms with Gasteiger partial charge in [-0.2, -0.15) is 0 Å². The predicted octanol–water partition coefficient (Wildman–Crippen LogP) is 2.44. The molecular formula is C13H16BrN3O. The van der Waals surface area contributed by atoms with Crippen molar-refractivity contribution < 1.29 is 4.74 Å². The lowest BCUT2D eigenvalue weighted by molar-refractivity contribution is 0.296. The van der Waals surface area contributed by atoms with Crippen LogP contribution in [0, 0.1) is 0 Å². The van der Waals surface area contributed by atoms with Crippen LogP contribution < -0.4 is 10.1 Å². The highest BCUT2D eigenvalue weighted by atomic mass is 79.9. The standard InChI is InChI=1S/C13H16BrN3O/c1-15-10-13-16-5-6-17(13)7-8-18-12-4-2-3-11(14)9-12/h2-6,9,15H,7-8,10H2,1H3. The van der Waals surface area contributed by atoms with Gasteiger partial charge in [0.25, 0.3) is 0 Å². The zero-order valence-corrected chi connectivity index (χ0v) is 11.9. The maximum atomic E-state index is 5.69. The SMILES string of the molecule is CNCc1nccn1CCOc1cccc(Br)c1. The van der Waals surface area contributed by atoms with Crippen molar-refractivity contribution >= 4 is 15.9 Å². The van der Waals surface area contributed by atoms with Crippen LogP contribution in [0.4, 0.5) is 0 Å². The third-order valence-corrected chi connectivity index (χ3v) is 3.03. The number of rotatable bonds is 6. The van der Waals surface area contributed by atoms with Crippen LogP contribution in [-0.4, -0.2) is 23.2 Å². The van der Waals surface area contributed by atoms with E-state index in [1.807, 2.05) is 43.7 Å². The molecule has 0 aliphatic rings. The minimum Gasteiger partial charge on any atom is -0.492 e. The average molecular weight is 310 g/mol. The minimum absolute atomic E-state index is 0.628. The number of halogens is 1. The Kier molecular flexibility index (Phi) is 4.78. The number of nitrogens with one attached hydrogen (secondary N) is 1. The second-order valence-electron chi connectivity index (χ2n) is 3.87. The van der Waals surface area contributed by atoms with Gasteiger partial charge in [-0.15, -0.1) is 0 Å². The Bertz CT molecular complexity index is 498. The minimum atomic E-state index is 0.628. The number of ether oxygens (including phenoxy) is 1. The molecule has 2 rings (SSSR count). The van der Waals surface area contributed by atoms with E-state index in [0.29, 0.717) is 6.61 Å². The van der Waals surface area contributed by atoms with Gasteiger partial charge in [0.15, 0.2) is 0 Å². The first-order chi connectivity index (χ1) is 8.79. The van der Waals surface area contributed by atoms with Gasteiger partial charge in [-0.25, -0.2) is 4.98 Å². The Hall–Kier alpha value is -1.33. The molecule has 0 bridgehead atoms. The summed E-state index contributed by atoms with van der Waals surface area (Å²) in [5.74, 6) is 1.90. The fourth-order valence-electron chi connectivity index (χ4n) is 1.69. The van der Waals surface area contributed by atoms with E-state index in [-0.39, 0.29) is 0 Å². The summed E-state index contributed by atoms with van der Waals surface area (Å²) in [6.45, 7) is 2.19. The predicted molar refractivity (Wildman–Crippen MR) is 74.6 cm³/mol. The fourth-order valence-corrected chi connectivity index (χ4v) is 2.07. The summed E-state index contributed by atoms with van der Waals surface area (Å²) in [6, 6.07) is 7.85. The summed E-state index contributed by atoms with van der Waals surface area (Å²) in [7, 11) is 1.91. The quantitative estimate of drug-likeness (QED) is 0.891. The normalized spacial score (nSPS) is 10.6. The lowest BCUT2D eigenvalue weighted by Crippen LogP contribution is -2.15. The number of aromatic nitrogens is 2. The summed E-state index contributed by atoms with van der Waals surface area (Å²) in [6.07, 6.45) is 3.78. The van der Waals surface area contributed by atoms with Gasteiger partial charge >= 0.3 is 0 Å². The summed E-state index contributed by atoms with van der Waals surface area (Å²) in [5.41, 5.74) is 0. The molecule has 0 spiro atoms. The van der Waals surface area contributed by atoms with Crippen molar-refractivity contribution in [2.45, 2.75) is 13.1 Å². The van der Waals surface area contributed by atoms with E-state index < -0.39 is 0 Å². The molecule has 0 aliphatic carbocycles. The Balaban J connectivity index is 1.86. The Morgan fingerprint density at radius 3 is 3.11 bits per heavy atom. The van der Waals surface area contributed by atoms with Crippen molar-refractivity contribution in [1.82, 2.24) is 14.9 Å². The summed E-state index contributed by atoms with van der Waals surface area (Å²) in [4.78, 5) is 4.28. The van der Waals surface area contributed by atoms with Gasteiger partial charge in [-0.05, 0) is 25.2 Å². The van der Waals surface area contributed by atoms with Crippen LogP contribution in [0.5, 0.6) is 5.75 Å². The van der Waals surface area contributed by atoms with Crippen LogP contribution in [-0.2, 0) is 13.1 Å². The molecule has 1 heterocycles. The molecule has 0 amide bonds. The topological polar surface area (TPSA) is 39.1 Å². The van der Waals surface area contributed by atoms with Gasteiger partial charge in [0.2, 0.25) is 0 Å². The van der Waals surface area contributed by atoms with Crippen molar-refractivity contribution in [2.24, 2.45) is 0 Å². The van der Waals surface area contributed by atoms with Crippen molar-refractivity contribution in [3.63, 3.8) is 0 Å². The van der Waals surface area contributed by atoms with Crippen molar-refractivity contribution in [3.8, 4) is 5.75 Å². The molecule has 1 aromatic heterocycles. The first-order valence-electron chi connectivity index (χ1n) is 5.82. The number of hydrogen-bond acceptors (Lipinski definition) is 3. The summed E-state index contributed by atoms with van der Waals surface area (Å²) >= 11 is 3.42. The van der Waals surface area contributed by atoms with Crippen LogP contribution in [0.2, 0.25) is 0 Å². The maximum absolute atomic E-state index is 5.69. The molecule has 5 heteroatoms. The van der Waals surface area contributed by atoms with Gasteiger partial charge in [0.1, 0.15) is 18.2 Å². The molecule has 1 N–H and O–H groups in total. The molecular weight excluding hydrogens is 294 g/mol. The van der Waals surface area contributed by atoms with E-state index in [0.717, 1.165) is 29.1 Å². The van der Waals surface area contributed by atoms with E-state index >= 15 is 0 Å². The summed E-state index contributed by atoms with van der Waals surface area (Å²) in [5, 5.41) is 3.10. The van der Waals surface area contributed by atoms with E-state index in [1.165, 1.54) is 0 Å². The molecule has 0 atom stereocenters. The smallest absolute Gasteiger partial charge is 0.122 e.